The van der Waals surface area contributed by atoms with Crippen LogP contribution in [0.1, 0.15) is 42.4 Å². The highest BCUT2D eigenvalue weighted by molar-refractivity contribution is 5.75. The molecule has 23 heavy (non-hydrogen) atoms. The maximum atomic E-state index is 11.2. The molecule has 2 aromatic rings. The van der Waals surface area contributed by atoms with Gasteiger partial charge in [0.25, 0.3) is 0 Å². The van der Waals surface area contributed by atoms with E-state index in [1.165, 1.54) is 36.0 Å². The minimum atomic E-state index is 0.125. The van der Waals surface area contributed by atoms with Crippen LogP contribution in [0.2, 0.25) is 0 Å². The van der Waals surface area contributed by atoms with E-state index in [0.717, 1.165) is 19.3 Å². The van der Waals surface area contributed by atoms with Crippen molar-refractivity contribution < 1.29 is 4.79 Å². The van der Waals surface area contributed by atoms with Crippen molar-refractivity contribution >= 4 is 5.91 Å². The highest BCUT2D eigenvalue weighted by Gasteiger charge is 2.00. The summed E-state index contributed by atoms with van der Waals surface area (Å²) < 4.78 is 0. The zero-order chi connectivity index (χ0) is 16.3. The summed E-state index contributed by atoms with van der Waals surface area (Å²) in [6, 6.07) is 19.6. The second-order valence-electron chi connectivity index (χ2n) is 6.04. The molecule has 2 nitrogen and oxygen atoms in total. The van der Waals surface area contributed by atoms with Crippen molar-refractivity contribution in [3.05, 3.63) is 71.3 Å². The van der Waals surface area contributed by atoms with Gasteiger partial charge < -0.3 is 5.32 Å². The molecule has 0 spiro atoms. The van der Waals surface area contributed by atoms with Gasteiger partial charge in [-0.2, -0.15) is 0 Å². The summed E-state index contributed by atoms with van der Waals surface area (Å²) in [4.78, 5) is 11.2. The number of benzene rings is 2. The van der Waals surface area contributed by atoms with Crippen LogP contribution in [-0.2, 0) is 24.1 Å². The van der Waals surface area contributed by atoms with Crippen LogP contribution in [-0.4, -0.2) is 13.0 Å². The molecule has 0 saturated heterocycles. The van der Waals surface area contributed by atoms with Crippen molar-refractivity contribution in [3.8, 4) is 0 Å². The van der Waals surface area contributed by atoms with Crippen LogP contribution in [0.25, 0.3) is 0 Å². The van der Waals surface area contributed by atoms with E-state index in [0.29, 0.717) is 6.42 Å². The maximum Gasteiger partial charge on any atom is 0.219 e. The Morgan fingerprint density at radius 1 is 0.739 bits per heavy atom. The van der Waals surface area contributed by atoms with Crippen molar-refractivity contribution in [2.45, 2.75) is 44.9 Å². The van der Waals surface area contributed by atoms with Gasteiger partial charge >= 0.3 is 0 Å². The first-order chi connectivity index (χ1) is 11.3. The van der Waals surface area contributed by atoms with Crippen molar-refractivity contribution in [1.82, 2.24) is 5.32 Å². The predicted molar refractivity (Wildman–Crippen MR) is 96.5 cm³/mol. The van der Waals surface area contributed by atoms with Gasteiger partial charge in [0.05, 0.1) is 0 Å². The van der Waals surface area contributed by atoms with E-state index >= 15 is 0 Å². The van der Waals surface area contributed by atoms with E-state index in [9.17, 15) is 4.79 Å². The number of amides is 1. The molecule has 2 heteroatoms. The minimum absolute atomic E-state index is 0.125. The molecule has 0 bridgehead atoms. The van der Waals surface area contributed by atoms with Crippen molar-refractivity contribution in [3.63, 3.8) is 0 Å². The number of hydrogen-bond acceptors (Lipinski definition) is 1. The van der Waals surface area contributed by atoms with Crippen LogP contribution in [0, 0.1) is 0 Å². The molecule has 0 fully saturated rings. The van der Waals surface area contributed by atoms with Gasteiger partial charge in [-0.3, -0.25) is 4.79 Å². The third kappa shape index (κ3) is 6.68. The number of rotatable bonds is 9. The summed E-state index contributed by atoms with van der Waals surface area (Å²) in [5.41, 5.74) is 4.16. The first-order valence-electron chi connectivity index (χ1n) is 8.60. The second kappa shape index (κ2) is 9.83. The molecule has 1 N–H and O–H groups in total. The zero-order valence-corrected chi connectivity index (χ0v) is 14.1. The SMILES string of the molecule is CNC(=O)CCCc1ccc(CCCCc2ccccc2)cc1. The quantitative estimate of drug-likeness (QED) is 0.687. The molecule has 2 aromatic carbocycles. The normalized spacial score (nSPS) is 10.5. The average Bonchev–Trinajstić information content (AvgIpc) is 2.60. The van der Waals surface area contributed by atoms with Gasteiger partial charge in [0.15, 0.2) is 0 Å². The van der Waals surface area contributed by atoms with E-state index in [1.807, 2.05) is 0 Å². The number of carbonyl (C=O) groups is 1. The number of aryl methyl sites for hydroxylation is 3. The van der Waals surface area contributed by atoms with Crippen LogP contribution in [0.15, 0.2) is 54.6 Å². The first kappa shape index (κ1) is 17.3. The van der Waals surface area contributed by atoms with Crippen LogP contribution < -0.4 is 5.32 Å². The summed E-state index contributed by atoms with van der Waals surface area (Å²) in [6.45, 7) is 0. The second-order valence-corrected chi connectivity index (χ2v) is 6.04. The Morgan fingerprint density at radius 2 is 1.22 bits per heavy atom. The Morgan fingerprint density at radius 3 is 1.74 bits per heavy atom. The predicted octanol–water partition coefficient (Wildman–Crippen LogP) is 4.32. The topological polar surface area (TPSA) is 29.1 Å². The number of carbonyl (C=O) groups excluding carboxylic acids is 1. The molecule has 1 amide bonds. The Balaban J connectivity index is 1.65. The molecule has 0 saturated carbocycles. The van der Waals surface area contributed by atoms with Gasteiger partial charge in [0.2, 0.25) is 5.91 Å². The van der Waals surface area contributed by atoms with E-state index < -0.39 is 0 Å². The lowest BCUT2D eigenvalue weighted by molar-refractivity contribution is -0.120. The highest BCUT2D eigenvalue weighted by atomic mass is 16.1. The third-order valence-corrected chi connectivity index (χ3v) is 4.19. The fraction of sp³-hybridized carbons (Fsp3) is 0.381. The van der Waals surface area contributed by atoms with Gasteiger partial charge in [0, 0.05) is 13.5 Å². The minimum Gasteiger partial charge on any atom is -0.359 e. The van der Waals surface area contributed by atoms with Gasteiger partial charge in [-0.25, -0.2) is 0 Å². The van der Waals surface area contributed by atoms with Crippen molar-refractivity contribution in [2.75, 3.05) is 7.05 Å². The summed E-state index contributed by atoms with van der Waals surface area (Å²) >= 11 is 0. The Labute approximate surface area is 139 Å². The molecular formula is C21H27NO. The first-order valence-corrected chi connectivity index (χ1v) is 8.60. The molecule has 0 radical (unpaired) electrons. The summed E-state index contributed by atoms with van der Waals surface area (Å²) in [5.74, 6) is 0.125. The molecule has 2 rings (SSSR count). The number of nitrogens with one attached hydrogen (secondary N) is 1. The summed E-state index contributed by atoms with van der Waals surface area (Å²) in [7, 11) is 1.69. The molecule has 0 aliphatic rings. The average molecular weight is 309 g/mol. The Bertz CT molecular complexity index is 575. The van der Waals surface area contributed by atoms with E-state index in [4.69, 9.17) is 0 Å². The smallest absolute Gasteiger partial charge is 0.219 e. The van der Waals surface area contributed by atoms with Crippen LogP contribution >= 0.6 is 0 Å². The van der Waals surface area contributed by atoms with Gasteiger partial charge in [-0.1, -0.05) is 54.6 Å². The van der Waals surface area contributed by atoms with Crippen LogP contribution in [0.3, 0.4) is 0 Å². The Hall–Kier alpha value is -2.09. The molecule has 0 atom stereocenters. The van der Waals surface area contributed by atoms with Crippen LogP contribution in [0.4, 0.5) is 0 Å². The zero-order valence-electron chi connectivity index (χ0n) is 14.1. The fourth-order valence-electron chi connectivity index (χ4n) is 2.75. The van der Waals surface area contributed by atoms with Gasteiger partial charge in [-0.15, -0.1) is 0 Å². The molecule has 0 aliphatic carbocycles. The maximum absolute atomic E-state index is 11.2. The highest BCUT2D eigenvalue weighted by Crippen LogP contribution is 2.12. The number of hydrogen-bond donors (Lipinski definition) is 1. The van der Waals surface area contributed by atoms with E-state index in [2.05, 4.69) is 59.9 Å². The van der Waals surface area contributed by atoms with E-state index in [-0.39, 0.29) is 5.91 Å². The lowest BCUT2D eigenvalue weighted by Gasteiger charge is -2.05. The summed E-state index contributed by atoms with van der Waals surface area (Å²) in [5, 5.41) is 2.66. The Kier molecular flexibility index (Phi) is 7.38. The summed E-state index contributed by atoms with van der Waals surface area (Å²) in [6.07, 6.45) is 7.27. The van der Waals surface area contributed by atoms with E-state index in [1.54, 1.807) is 7.05 Å². The fourth-order valence-corrected chi connectivity index (χ4v) is 2.75. The third-order valence-electron chi connectivity index (χ3n) is 4.19. The van der Waals surface area contributed by atoms with Crippen LogP contribution in [0.5, 0.6) is 0 Å². The van der Waals surface area contributed by atoms with Crippen molar-refractivity contribution in [1.29, 1.82) is 0 Å². The lowest BCUT2D eigenvalue weighted by Crippen LogP contribution is -2.17. The largest absolute Gasteiger partial charge is 0.359 e. The molecular weight excluding hydrogens is 282 g/mol. The molecule has 122 valence electrons. The van der Waals surface area contributed by atoms with Crippen molar-refractivity contribution in [2.24, 2.45) is 0 Å². The standard InChI is InChI=1S/C21H27NO/c1-22-21(23)13-7-12-20-16-14-19(15-17-20)11-6-5-10-18-8-3-2-4-9-18/h2-4,8-9,14-17H,5-7,10-13H2,1H3,(H,22,23). The van der Waals surface area contributed by atoms with Gasteiger partial charge in [0.1, 0.15) is 0 Å². The van der Waals surface area contributed by atoms with Gasteiger partial charge in [-0.05, 0) is 55.2 Å². The lowest BCUT2D eigenvalue weighted by atomic mass is 10.0. The number of unbranched alkanes of at least 4 members (excludes halogenated alkanes) is 1. The molecule has 0 aromatic heterocycles. The molecule has 0 heterocycles. The monoisotopic (exact) mass is 309 g/mol. The molecule has 0 aliphatic heterocycles. The molecule has 0 unspecified atom stereocenters.